The van der Waals surface area contributed by atoms with Crippen molar-refractivity contribution in [2.75, 3.05) is 13.1 Å². The summed E-state index contributed by atoms with van der Waals surface area (Å²) in [5.74, 6) is 0.133. The van der Waals surface area contributed by atoms with Crippen LogP contribution in [0, 0.1) is 5.82 Å². The first-order chi connectivity index (χ1) is 11.9. The van der Waals surface area contributed by atoms with Crippen molar-refractivity contribution in [2.45, 2.75) is 44.9 Å². The van der Waals surface area contributed by atoms with Gasteiger partial charge in [0.25, 0.3) is 0 Å². The zero-order valence-electron chi connectivity index (χ0n) is 14.1. The van der Waals surface area contributed by atoms with Gasteiger partial charge in [-0.1, -0.05) is 6.07 Å². The first-order valence-corrected chi connectivity index (χ1v) is 8.47. The molecule has 1 aromatic carbocycles. The SMILES string of the molecule is CCn1ccnc1C1CCCN(Cc2ccc(C(F)(F)F)c(F)c2)C1. The number of aromatic nitrogens is 2. The van der Waals surface area contributed by atoms with Gasteiger partial charge in [0.05, 0.1) is 5.56 Å². The summed E-state index contributed by atoms with van der Waals surface area (Å²) in [4.78, 5) is 6.61. The largest absolute Gasteiger partial charge is 0.419 e. The third kappa shape index (κ3) is 4.03. The summed E-state index contributed by atoms with van der Waals surface area (Å²) in [5.41, 5.74) is -0.650. The van der Waals surface area contributed by atoms with Crippen molar-refractivity contribution in [2.24, 2.45) is 0 Å². The van der Waals surface area contributed by atoms with Gasteiger partial charge in [-0.3, -0.25) is 4.90 Å². The molecular formula is C18H21F4N3. The number of alkyl halides is 3. The van der Waals surface area contributed by atoms with Gasteiger partial charge in [0, 0.05) is 37.9 Å². The van der Waals surface area contributed by atoms with E-state index in [1.165, 1.54) is 6.07 Å². The van der Waals surface area contributed by atoms with Crippen LogP contribution in [0.25, 0.3) is 0 Å². The molecule has 0 amide bonds. The maximum Gasteiger partial charge on any atom is 0.419 e. The molecule has 0 bridgehead atoms. The Morgan fingerprint density at radius 1 is 1.28 bits per heavy atom. The third-order valence-electron chi connectivity index (χ3n) is 4.70. The van der Waals surface area contributed by atoms with Gasteiger partial charge in [-0.05, 0) is 44.0 Å². The first kappa shape index (κ1) is 17.9. The van der Waals surface area contributed by atoms with Crippen LogP contribution in [0.1, 0.15) is 42.6 Å². The van der Waals surface area contributed by atoms with Crippen LogP contribution in [0.5, 0.6) is 0 Å². The number of piperidine rings is 1. The molecule has 0 aliphatic carbocycles. The minimum Gasteiger partial charge on any atom is -0.335 e. The van der Waals surface area contributed by atoms with Crippen LogP contribution in [0.3, 0.4) is 0 Å². The van der Waals surface area contributed by atoms with Crippen molar-refractivity contribution < 1.29 is 17.6 Å². The van der Waals surface area contributed by atoms with E-state index in [1.807, 2.05) is 6.20 Å². The number of benzene rings is 1. The monoisotopic (exact) mass is 355 g/mol. The van der Waals surface area contributed by atoms with Gasteiger partial charge in [0.2, 0.25) is 0 Å². The number of hydrogen-bond donors (Lipinski definition) is 0. The third-order valence-corrected chi connectivity index (χ3v) is 4.70. The van der Waals surface area contributed by atoms with Gasteiger partial charge in [0.15, 0.2) is 0 Å². The van der Waals surface area contributed by atoms with E-state index in [2.05, 4.69) is 21.4 Å². The lowest BCUT2D eigenvalue weighted by Crippen LogP contribution is -2.35. The lowest BCUT2D eigenvalue weighted by Gasteiger charge is -2.32. The van der Waals surface area contributed by atoms with E-state index in [1.54, 1.807) is 6.20 Å². The lowest BCUT2D eigenvalue weighted by atomic mass is 9.96. The smallest absolute Gasteiger partial charge is 0.335 e. The van der Waals surface area contributed by atoms with Crippen LogP contribution >= 0.6 is 0 Å². The average Bonchev–Trinajstić information content (AvgIpc) is 3.02. The minimum absolute atomic E-state index is 0.294. The van der Waals surface area contributed by atoms with Gasteiger partial charge < -0.3 is 4.57 Å². The Balaban J connectivity index is 1.70. The molecule has 1 unspecified atom stereocenters. The van der Waals surface area contributed by atoms with Crippen molar-refractivity contribution in [3.63, 3.8) is 0 Å². The summed E-state index contributed by atoms with van der Waals surface area (Å²) in [7, 11) is 0. The fourth-order valence-electron chi connectivity index (χ4n) is 3.50. The fraction of sp³-hybridized carbons (Fsp3) is 0.500. The summed E-state index contributed by atoms with van der Waals surface area (Å²) in [6.07, 6.45) is 1.12. The highest BCUT2D eigenvalue weighted by Crippen LogP contribution is 2.32. The van der Waals surface area contributed by atoms with Crippen LogP contribution in [-0.2, 0) is 19.3 Å². The Bertz CT molecular complexity index is 723. The van der Waals surface area contributed by atoms with E-state index < -0.39 is 17.6 Å². The molecule has 3 rings (SSSR count). The highest BCUT2D eigenvalue weighted by atomic mass is 19.4. The number of likely N-dealkylation sites (tertiary alicyclic amines) is 1. The lowest BCUT2D eigenvalue weighted by molar-refractivity contribution is -0.140. The minimum atomic E-state index is -4.66. The second-order valence-corrected chi connectivity index (χ2v) is 6.46. The maximum atomic E-state index is 13.7. The van der Waals surface area contributed by atoms with Crippen molar-refractivity contribution in [3.05, 3.63) is 53.4 Å². The quantitative estimate of drug-likeness (QED) is 0.756. The molecule has 1 fully saturated rings. The summed E-state index contributed by atoms with van der Waals surface area (Å²) >= 11 is 0. The molecule has 1 aromatic heterocycles. The molecule has 25 heavy (non-hydrogen) atoms. The molecule has 1 aliphatic heterocycles. The molecule has 0 saturated carbocycles. The second kappa shape index (κ2) is 7.15. The Morgan fingerprint density at radius 3 is 2.76 bits per heavy atom. The molecule has 2 aromatic rings. The van der Waals surface area contributed by atoms with Crippen LogP contribution in [-0.4, -0.2) is 27.5 Å². The Hall–Kier alpha value is -1.89. The van der Waals surface area contributed by atoms with E-state index in [0.29, 0.717) is 18.0 Å². The molecule has 3 nitrogen and oxygen atoms in total. The topological polar surface area (TPSA) is 21.1 Å². The van der Waals surface area contributed by atoms with Crippen molar-refractivity contribution in [3.8, 4) is 0 Å². The normalized spacial score (nSPS) is 19.3. The van der Waals surface area contributed by atoms with Gasteiger partial charge >= 0.3 is 6.18 Å². The zero-order chi connectivity index (χ0) is 18.0. The summed E-state index contributed by atoms with van der Waals surface area (Å²) in [6.45, 7) is 5.00. The van der Waals surface area contributed by atoms with Gasteiger partial charge in [-0.25, -0.2) is 9.37 Å². The number of hydrogen-bond acceptors (Lipinski definition) is 2. The second-order valence-electron chi connectivity index (χ2n) is 6.46. The predicted molar refractivity (Wildman–Crippen MR) is 86.6 cm³/mol. The number of imidazole rings is 1. The molecule has 0 spiro atoms. The number of aryl methyl sites for hydroxylation is 1. The summed E-state index contributed by atoms with van der Waals surface area (Å²) in [5, 5.41) is 0. The highest BCUT2D eigenvalue weighted by Gasteiger charge is 2.34. The molecule has 1 aliphatic rings. The van der Waals surface area contributed by atoms with Gasteiger partial charge in [0.1, 0.15) is 11.6 Å². The average molecular weight is 355 g/mol. The zero-order valence-corrected chi connectivity index (χ0v) is 14.1. The van der Waals surface area contributed by atoms with Gasteiger partial charge in [-0.15, -0.1) is 0 Å². The highest BCUT2D eigenvalue weighted by molar-refractivity contribution is 5.26. The number of rotatable bonds is 4. The van der Waals surface area contributed by atoms with Crippen molar-refractivity contribution in [1.82, 2.24) is 14.5 Å². The molecule has 0 radical (unpaired) electrons. The Morgan fingerprint density at radius 2 is 2.08 bits per heavy atom. The van der Waals surface area contributed by atoms with E-state index in [-0.39, 0.29) is 0 Å². The molecule has 1 atom stereocenters. The predicted octanol–water partition coefficient (Wildman–Crippen LogP) is 4.44. The Labute approximate surface area is 144 Å². The molecule has 1 saturated heterocycles. The summed E-state index contributed by atoms with van der Waals surface area (Å²) in [6, 6.07) is 3.19. The van der Waals surface area contributed by atoms with Crippen molar-refractivity contribution >= 4 is 0 Å². The van der Waals surface area contributed by atoms with E-state index >= 15 is 0 Å². The van der Waals surface area contributed by atoms with E-state index in [9.17, 15) is 17.6 Å². The molecule has 136 valence electrons. The maximum absolute atomic E-state index is 13.7. The van der Waals surface area contributed by atoms with Crippen LogP contribution in [0.4, 0.5) is 17.6 Å². The number of nitrogens with zero attached hydrogens (tertiary/aromatic N) is 3. The van der Waals surface area contributed by atoms with E-state index in [4.69, 9.17) is 0 Å². The van der Waals surface area contributed by atoms with Crippen molar-refractivity contribution in [1.29, 1.82) is 0 Å². The number of halogens is 4. The fourth-order valence-corrected chi connectivity index (χ4v) is 3.50. The van der Waals surface area contributed by atoms with Crippen LogP contribution in [0.15, 0.2) is 30.6 Å². The van der Waals surface area contributed by atoms with E-state index in [0.717, 1.165) is 50.4 Å². The summed E-state index contributed by atoms with van der Waals surface area (Å²) < 4.78 is 53.8. The molecule has 0 N–H and O–H groups in total. The molecular weight excluding hydrogens is 334 g/mol. The standard InChI is InChI=1S/C18H21F4N3/c1-2-25-9-7-23-17(25)14-4-3-8-24(12-14)11-13-5-6-15(16(19)10-13)18(20,21)22/h5-7,9-10,14H,2-4,8,11-12H2,1H3. The van der Waals surface area contributed by atoms with Crippen LogP contribution < -0.4 is 0 Å². The molecule has 7 heteroatoms. The van der Waals surface area contributed by atoms with Gasteiger partial charge in [-0.2, -0.15) is 13.2 Å². The molecule has 2 heterocycles. The van der Waals surface area contributed by atoms with Crippen LogP contribution in [0.2, 0.25) is 0 Å². The Kier molecular flexibility index (Phi) is 5.13. The first-order valence-electron chi connectivity index (χ1n) is 8.47.